The molecule has 0 saturated heterocycles. The molecule has 4 aromatic rings. The lowest BCUT2D eigenvalue weighted by Gasteiger charge is -2.07. The number of rotatable bonds is 6. The van der Waals surface area contributed by atoms with Gasteiger partial charge in [-0.15, -0.1) is 0 Å². The van der Waals surface area contributed by atoms with Gasteiger partial charge in [-0.25, -0.2) is 4.98 Å². The van der Waals surface area contributed by atoms with Crippen LogP contribution in [0, 0.1) is 0 Å². The van der Waals surface area contributed by atoms with Crippen molar-refractivity contribution in [3.8, 4) is 28.7 Å². The van der Waals surface area contributed by atoms with Crippen molar-refractivity contribution in [2.24, 2.45) is 0 Å². The van der Waals surface area contributed by atoms with E-state index in [1.54, 1.807) is 66.9 Å². The lowest BCUT2D eigenvalue weighted by atomic mass is 10.3. The molecule has 1 N–H and O–H groups in total. The summed E-state index contributed by atoms with van der Waals surface area (Å²) in [7, 11) is 1.58. The van der Waals surface area contributed by atoms with Crippen LogP contribution in [-0.4, -0.2) is 37.7 Å². The van der Waals surface area contributed by atoms with Crippen LogP contribution in [0.4, 0.5) is 5.69 Å². The van der Waals surface area contributed by atoms with E-state index >= 15 is 0 Å². The van der Waals surface area contributed by atoms with Gasteiger partial charge in [-0.2, -0.15) is 4.98 Å². The third kappa shape index (κ3) is 3.88. The van der Waals surface area contributed by atoms with E-state index in [1.807, 2.05) is 6.07 Å². The van der Waals surface area contributed by atoms with Gasteiger partial charge in [0.05, 0.1) is 13.4 Å². The highest BCUT2D eigenvalue weighted by molar-refractivity contribution is 5.90. The molecule has 9 nitrogen and oxygen atoms in total. The minimum atomic E-state index is -0.192. The van der Waals surface area contributed by atoms with E-state index in [9.17, 15) is 4.79 Å². The molecular formula is C19H16N6O3. The Morgan fingerprint density at radius 2 is 2.11 bits per heavy atom. The summed E-state index contributed by atoms with van der Waals surface area (Å²) < 4.78 is 12.1. The lowest BCUT2D eigenvalue weighted by Crippen LogP contribution is -2.17. The highest BCUT2D eigenvalue weighted by Gasteiger charge is 2.13. The fourth-order valence-corrected chi connectivity index (χ4v) is 2.57. The molecule has 0 spiro atoms. The van der Waals surface area contributed by atoms with E-state index in [-0.39, 0.29) is 12.5 Å². The van der Waals surface area contributed by atoms with Gasteiger partial charge in [-0.1, -0.05) is 11.2 Å². The first-order valence-corrected chi connectivity index (χ1v) is 8.41. The zero-order valence-corrected chi connectivity index (χ0v) is 14.9. The van der Waals surface area contributed by atoms with Crippen LogP contribution >= 0.6 is 0 Å². The summed E-state index contributed by atoms with van der Waals surface area (Å²) in [4.78, 5) is 24.8. The molecule has 4 rings (SSSR count). The summed E-state index contributed by atoms with van der Waals surface area (Å²) in [5.74, 6) is 1.20. The number of hydrogen-bond donors (Lipinski definition) is 1. The molecule has 0 fully saturated rings. The first kappa shape index (κ1) is 17.4. The number of anilines is 1. The van der Waals surface area contributed by atoms with Crippen molar-refractivity contribution >= 4 is 11.6 Å². The van der Waals surface area contributed by atoms with Crippen molar-refractivity contribution in [3.63, 3.8) is 0 Å². The van der Waals surface area contributed by atoms with E-state index in [1.165, 1.54) is 0 Å². The lowest BCUT2D eigenvalue weighted by molar-refractivity contribution is -0.116. The zero-order chi connectivity index (χ0) is 19.3. The fourth-order valence-electron chi connectivity index (χ4n) is 2.57. The number of imidazole rings is 1. The Balaban J connectivity index is 1.43. The molecular weight excluding hydrogens is 360 g/mol. The van der Waals surface area contributed by atoms with Crippen LogP contribution in [0.15, 0.2) is 65.8 Å². The van der Waals surface area contributed by atoms with Gasteiger partial charge < -0.3 is 19.1 Å². The Hall–Kier alpha value is -4.01. The Morgan fingerprint density at radius 3 is 2.93 bits per heavy atom. The molecule has 140 valence electrons. The second-order valence-electron chi connectivity index (χ2n) is 5.87. The van der Waals surface area contributed by atoms with Crippen LogP contribution < -0.4 is 10.1 Å². The topological polar surface area (TPSA) is 108 Å². The molecule has 1 aromatic carbocycles. The summed E-state index contributed by atoms with van der Waals surface area (Å²) in [6.07, 6.45) is 6.53. The van der Waals surface area contributed by atoms with Gasteiger partial charge in [0.15, 0.2) is 0 Å². The summed E-state index contributed by atoms with van der Waals surface area (Å²) in [6.45, 7) is 0.0965. The highest BCUT2D eigenvalue weighted by Crippen LogP contribution is 2.20. The maximum Gasteiger partial charge on any atom is 0.258 e. The van der Waals surface area contributed by atoms with Gasteiger partial charge >= 0.3 is 0 Å². The maximum absolute atomic E-state index is 12.3. The van der Waals surface area contributed by atoms with Crippen molar-refractivity contribution in [1.82, 2.24) is 24.7 Å². The van der Waals surface area contributed by atoms with Crippen molar-refractivity contribution in [3.05, 3.63) is 61.3 Å². The quantitative estimate of drug-likeness (QED) is 0.551. The molecule has 3 heterocycles. The van der Waals surface area contributed by atoms with Gasteiger partial charge in [-0.05, 0) is 24.3 Å². The van der Waals surface area contributed by atoms with Crippen LogP contribution in [0.5, 0.6) is 5.75 Å². The standard InChI is InChI=1S/C19H16N6O3/c1-27-15-4-2-3-14(9-15)22-17(26)11-25-10-16(21-12-25)18-23-19(28-24-18)13-5-7-20-8-6-13/h2-10,12H,11H2,1H3,(H,22,26). The van der Waals surface area contributed by atoms with Crippen molar-refractivity contribution < 1.29 is 14.1 Å². The average Bonchev–Trinajstić information content (AvgIpc) is 3.38. The van der Waals surface area contributed by atoms with E-state index in [2.05, 4.69) is 25.4 Å². The van der Waals surface area contributed by atoms with Crippen LogP contribution in [0.2, 0.25) is 0 Å². The zero-order valence-electron chi connectivity index (χ0n) is 14.9. The van der Waals surface area contributed by atoms with Crippen LogP contribution in [0.25, 0.3) is 23.0 Å². The number of pyridine rings is 1. The predicted molar refractivity (Wildman–Crippen MR) is 100 cm³/mol. The van der Waals surface area contributed by atoms with E-state index in [0.29, 0.717) is 28.8 Å². The van der Waals surface area contributed by atoms with E-state index in [4.69, 9.17) is 9.26 Å². The Morgan fingerprint density at radius 1 is 1.25 bits per heavy atom. The molecule has 0 aliphatic carbocycles. The van der Waals surface area contributed by atoms with Crippen LogP contribution in [0.1, 0.15) is 0 Å². The Kier molecular flexibility index (Phi) is 4.79. The smallest absolute Gasteiger partial charge is 0.258 e. The number of nitrogens with zero attached hydrogens (tertiary/aromatic N) is 5. The van der Waals surface area contributed by atoms with Crippen molar-refractivity contribution in [2.45, 2.75) is 6.54 Å². The van der Waals surface area contributed by atoms with E-state index < -0.39 is 0 Å². The van der Waals surface area contributed by atoms with E-state index in [0.717, 1.165) is 5.56 Å². The maximum atomic E-state index is 12.3. The Labute approximate surface area is 160 Å². The first-order valence-electron chi connectivity index (χ1n) is 8.41. The molecule has 0 aliphatic heterocycles. The molecule has 28 heavy (non-hydrogen) atoms. The number of ether oxygens (including phenoxy) is 1. The van der Waals surface area contributed by atoms with Gasteiger partial charge in [0, 0.05) is 35.9 Å². The third-order valence-electron chi connectivity index (χ3n) is 3.90. The van der Waals surface area contributed by atoms with Crippen LogP contribution in [0.3, 0.4) is 0 Å². The summed E-state index contributed by atoms with van der Waals surface area (Å²) in [5, 5.41) is 6.76. The number of carbonyl (C=O) groups is 1. The number of carbonyl (C=O) groups excluding carboxylic acids is 1. The highest BCUT2D eigenvalue weighted by atomic mass is 16.5. The summed E-state index contributed by atoms with van der Waals surface area (Å²) >= 11 is 0. The molecule has 0 bridgehead atoms. The van der Waals surface area contributed by atoms with Gasteiger partial charge in [0.2, 0.25) is 11.7 Å². The van der Waals surface area contributed by atoms with Crippen molar-refractivity contribution in [2.75, 3.05) is 12.4 Å². The summed E-state index contributed by atoms with van der Waals surface area (Å²) in [5.41, 5.74) is 1.94. The molecule has 0 unspecified atom stereocenters. The molecule has 0 radical (unpaired) electrons. The number of hydrogen-bond acceptors (Lipinski definition) is 7. The molecule has 0 atom stereocenters. The molecule has 0 aliphatic rings. The SMILES string of the molecule is COc1cccc(NC(=O)Cn2cnc(-c3noc(-c4ccncc4)n3)c2)c1. The largest absolute Gasteiger partial charge is 0.497 e. The fraction of sp³-hybridized carbons (Fsp3) is 0.105. The number of amides is 1. The molecule has 9 heteroatoms. The predicted octanol–water partition coefficient (Wildman–Crippen LogP) is 2.64. The van der Waals surface area contributed by atoms with Crippen molar-refractivity contribution in [1.29, 1.82) is 0 Å². The first-order chi connectivity index (χ1) is 13.7. The second kappa shape index (κ2) is 7.70. The number of methoxy groups -OCH3 is 1. The van der Waals surface area contributed by atoms with Gasteiger partial charge in [0.25, 0.3) is 5.89 Å². The Bertz CT molecular complexity index is 1090. The normalized spacial score (nSPS) is 10.6. The summed E-state index contributed by atoms with van der Waals surface area (Å²) in [6, 6.07) is 10.7. The third-order valence-corrected chi connectivity index (χ3v) is 3.90. The average molecular weight is 376 g/mol. The van der Waals surface area contributed by atoms with Gasteiger partial charge in [0.1, 0.15) is 18.0 Å². The second-order valence-corrected chi connectivity index (χ2v) is 5.87. The molecule has 3 aromatic heterocycles. The number of aromatic nitrogens is 5. The van der Waals surface area contributed by atoms with Crippen LogP contribution in [-0.2, 0) is 11.3 Å². The molecule has 0 saturated carbocycles. The number of benzene rings is 1. The van der Waals surface area contributed by atoms with Gasteiger partial charge in [-0.3, -0.25) is 9.78 Å². The molecule has 1 amide bonds. The number of nitrogens with one attached hydrogen (secondary N) is 1. The monoisotopic (exact) mass is 376 g/mol. The minimum Gasteiger partial charge on any atom is -0.497 e. The minimum absolute atomic E-state index is 0.0965.